The summed E-state index contributed by atoms with van der Waals surface area (Å²) < 4.78 is 41.8. The van der Waals surface area contributed by atoms with Gasteiger partial charge in [-0.1, -0.05) is 6.07 Å². The predicted molar refractivity (Wildman–Crippen MR) is 110 cm³/mol. The Bertz CT molecular complexity index is 1350. The summed E-state index contributed by atoms with van der Waals surface area (Å²) >= 11 is 0. The molecule has 31 heavy (non-hydrogen) atoms. The molecule has 1 aliphatic heterocycles. The smallest absolute Gasteiger partial charge is 0.347 e. The molecule has 0 amide bonds. The lowest BCUT2D eigenvalue weighted by Crippen LogP contribution is -2.24. The third-order valence-corrected chi connectivity index (χ3v) is 5.70. The average molecular weight is 425 g/mol. The van der Waals surface area contributed by atoms with E-state index in [0.29, 0.717) is 23.6 Å². The van der Waals surface area contributed by atoms with E-state index in [-0.39, 0.29) is 11.4 Å². The highest BCUT2D eigenvalue weighted by Gasteiger charge is 2.31. The molecule has 6 nitrogen and oxygen atoms in total. The zero-order chi connectivity index (χ0) is 21.8. The summed E-state index contributed by atoms with van der Waals surface area (Å²) in [4.78, 5) is 20.3. The molecule has 0 bridgehead atoms. The molecule has 0 aliphatic carbocycles. The van der Waals surface area contributed by atoms with Crippen molar-refractivity contribution in [1.29, 1.82) is 0 Å². The van der Waals surface area contributed by atoms with Gasteiger partial charge in [-0.05, 0) is 23.8 Å². The van der Waals surface area contributed by atoms with Crippen LogP contribution in [0.2, 0.25) is 0 Å². The molecule has 158 valence electrons. The monoisotopic (exact) mass is 425 g/mol. The zero-order valence-electron chi connectivity index (χ0n) is 16.6. The van der Waals surface area contributed by atoms with Crippen LogP contribution in [0.1, 0.15) is 16.8 Å². The molecule has 0 atom stereocenters. The normalized spacial score (nSPS) is 14.1. The van der Waals surface area contributed by atoms with Crippen molar-refractivity contribution in [3.63, 3.8) is 0 Å². The van der Waals surface area contributed by atoms with Gasteiger partial charge in [-0.25, -0.2) is 9.97 Å². The molecule has 0 unspecified atom stereocenters. The second-order valence-corrected chi connectivity index (χ2v) is 7.53. The number of nitrogens with zero attached hydrogens (tertiary/aromatic N) is 4. The number of benzene rings is 1. The molecule has 1 aromatic carbocycles. The van der Waals surface area contributed by atoms with Crippen molar-refractivity contribution in [3.05, 3.63) is 76.1 Å². The molecule has 0 spiro atoms. The molecule has 3 aromatic heterocycles. The van der Waals surface area contributed by atoms with E-state index in [9.17, 15) is 18.0 Å². The number of alkyl halides is 3. The molecule has 0 fully saturated rings. The summed E-state index contributed by atoms with van der Waals surface area (Å²) in [5.41, 5.74) is 3.46. The first-order valence-electron chi connectivity index (χ1n) is 9.76. The van der Waals surface area contributed by atoms with Gasteiger partial charge in [0.2, 0.25) is 0 Å². The lowest BCUT2D eigenvalue weighted by Gasteiger charge is -2.14. The number of aromatic nitrogens is 4. The summed E-state index contributed by atoms with van der Waals surface area (Å²) in [6.45, 7) is 1.77. The van der Waals surface area contributed by atoms with Crippen LogP contribution >= 0.6 is 0 Å². The second kappa shape index (κ2) is 7.05. The Morgan fingerprint density at radius 3 is 2.58 bits per heavy atom. The van der Waals surface area contributed by atoms with Gasteiger partial charge < -0.3 is 9.88 Å². The first-order chi connectivity index (χ1) is 14.8. The Hall–Kier alpha value is -3.46. The van der Waals surface area contributed by atoms with Gasteiger partial charge in [0.15, 0.2) is 5.82 Å². The minimum absolute atomic E-state index is 0.0651. The number of fused-ring (bicyclic) bond motifs is 3. The van der Waals surface area contributed by atoms with Gasteiger partial charge in [-0.15, -0.1) is 0 Å². The van der Waals surface area contributed by atoms with Gasteiger partial charge in [-0.2, -0.15) is 13.2 Å². The predicted octanol–water partition coefficient (Wildman–Crippen LogP) is 3.45. The molecule has 5 rings (SSSR count). The largest absolute Gasteiger partial charge is 0.419 e. The third kappa shape index (κ3) is 3.31. The number of rotatable bonds is 2. The summed E-state index contributed by atoms with van der Waals surface area (Å²) in [5.74, 6) is 0.0651. The lowest BCUT2D eigenvalue weighted by molar-refractivity contribution is -0.138. The molecule has 1 aliphatic rings. The highest BCUT2D eigenvalue weighted by molar-refractivity contribution is 5.87. The van der Waals surface area contributed by atoms with Crippen molar-refractivity contribution in [2.75, 3.05) is 6.54 Å². The van der Waals surface area contributed by atoms with Crippen LogP contribution in [0, 0.1) is 0 Å². The number of hydrogen-bond acceptors (Lipinski definition) is 4. The Balaban J connectivity index is 1.52. The maximum absolute atomic E-state index is 12.8. The van der Waals surface area contributed by atoms with Gasteiger partial charge in [0.05, 0.1) is 16.8 Å². The van der Waals surface area contributed by atoms with Crippen LogP contribution in [-0.2, 0) is 26.2 Å². The van der Waals surface area contributed by atoms with E-state index in [1.54, 1.807) is 12.3 Å². The maximum atomic E-state index is 12.8. The quantitative estimate of drug-likeness (QED) is 0.534. The molecule has 0 saturated heterocycles. The van der Waals surface area contributed by atoms with Crippen molar-refractivity contribution in [2.24, 2.45) is 7.05 Å². The van der Waals surface area contributed by atoms with Crippen molar-refractivity contribution < 1.29 is 13.2 Å². The van der Waals surface area contributed by atoms with E-state index in [1.165, 1.54) is 21.9 Å². The molecule has 9 heteroatoms. The SMILES string of the molecule is Cn1c2c(c3ccc(-n4ccc(-c5ncc(C(F)(F)F)cn5)cc4=O)cc31)CNCC2. The summed E-state index contributed by atoms with van der Waals surface area (Å²) in [6.07, 6.45) is -0.531. The maximum Gasteiger partial charge on any atom is 0.419 e. The number of hydrogen-bond donors (Lipinski definition) is 1. The fourth-order valence-electron chi connectivity index (χ4n) is 4.10. The molecule has 4 heterocycles. The van der Waals surface area contributed by atoms with E-state index >= 15 is 0 Å². The van der Waals surface area contributed by atoms with E-state index < -0.39 is 11.7 Å². The minimum Gasteiger partial charge on any atom is -0.347 e. The number of aryl methyl sites for hydroxylation is 1. The van der Waals surface area contributed by atoms with Crippen LogP contribution in [0.15, 0.2) is 53.7 Å². The van der Waals surface area contributed by atoms with Gasteiger partial charge in [0.25, 0.3) is 5.56 Å². The third-order valence-electron chi connectivity index (χ3n) is 5.70. The van der Waals surface area contributed by atoms with E-state index in [0.717, 1.165) is 30.4 Å². The summed E-state index contributed by atoms with van der Waals surface area (Å²) in [6, 6.07) is 8.84. The molecular weight excluding hydrogens is 407 g/mol. The number of pyridine rings is 1. The van der Waals surface area contributed by atoms with E-state index in [1.807, 2.05) is 25.2 Å². The standard InChI is InChI=1S/C22H18F3N5O/c1-29-18-4-6-26-12-17(18)16-3-2-15(9-19(16)29)30-7-5-13(8-20(30)31)21-27-10-14(11-28-21)22(23,24)25/h2-3,5,7-11,26H,4,6,12H2,1H3. The Morgan fingerprint density at radius 1 is 1.10 bits per heavy atom. The molecule has 0 saturated carbocycles. The Labute approximate surface area is 175 Å². The lowest BCUT2D eigenvalue weighted by atomic mass is 10.1. The topological polar surface area (TPSA) is 64.7 Å². The van der Waals surface area contributed by atoms with Gasteiger partial charge in [0, 0.05) is 67.9 Å². The first kappa shape index (κ1) is 19.5. The van der Waals surface area contributed by atoms with Crippen molar-refractivity contribution in [1.82, 2.24) is 24.4 Å². The first-order valence-corrected chi connectivity index (χ1v) is 9.76. The van der Waals surface area contributed by atoms with Gasteiger partial charge in [-0.3, -0.25) is 9.36 Å². The van der Waals surface area contributed by atoms with Crippen LogP contribution in [0.25, 0.3) is 28.0 Å². The highest BCUT2D eigenvalue weighted by Crippen LogP contribution is 2.30. The van der Waals surface area contributed by atoms with Crippen molar-refractivity contribution in [3.8, 4) is 17.1 Å². The van der Waals surface area contributed by atoms with E-state index in [4.69, 9.17) is 0 Å². The Kier molecular flexibility index (Phi) is 4.44. The van der Waals surface area contributed by atoms with Crippen LogP contribution in [0.4, 0.5) is 13.2 Å². The summed E-state index contributed by atoms with van der Waals surface area (Å²) in [5, 5.41) is 4.56. The second-order valence-electron chi connectivity index (χ2n) is 7.53. The number of halogens is 3. The fraction of sp³-hybridized carbons (Fsp3) is 0.227. The number of nitrogens with one attached hydrogen (secondary N) is 1. The molecule has 1 N–H and O–H groups in total. The zero-order valence-corrected chi connectivity index (χ0v) is 16.6. The van der Waals surface area contributed by atoms with Crippen LogP contribution in [0.3, 0.4) is 0 Å². The van der Waals surface area contributed by atoms with Gasteiger partial charge in [0.1, 0.15) is 0 Å². The summed E-state index contributed by atoms with van der Waals surface area (Å²) in [7, 11) is 2.03. The van der Waals surface area contributed by atoms with Gasteiger partial charge >= 0.3 is 6.18 Å². The highest BCUT2D eigenvalue weighted by atomic mass is 19.4. The molecular formula is C22H18F3N5O. The van der Waals surface area contributed by atoms with Crippen LogP contribution in [-0.4, -0.2) is 25.6 Å². The van der Waals surface area contributed by atoms with Crippen molar-refractivity contribution in [2.45, 2.75) is 19.1 Å². The van der Waals surface area contributed by atoms with E-state index in [2.05, 4.69) is 19.9 Å². The average Bonchev–Trinajstić information content (AvgIpc) is 3.05. The minimum atomic E-state index is -4.51. The fourth-order valence-corrected chi connectivity index (χ4v) is 4.10. The van der Waals surface area contributed by atoms with Crippen molar-refractivity contribution >= 4 is 10.9 Å². The molecule has 0 radical (unpaired) electrons. The molecule has 4 aromatic rings. The van der Waals surface area contributed by atoms with Crippen LogP contribution < -0.4 is 10.9 Å². The Morgan fingerprint density at radius 2 is 1.87 bits per heavy atom. The van der Waals surface area contributed by atoms with Crippen LogP contribution in [0.5, 0.6) is 0 Å².